The van der Waals surface area contributed by atoms with Crippen molar-refractivity contribution in [2.75, 3.05) is 7.11 Å². The van der Waals surface area contributed by atoms with E-state index in [2.05, 4.69) is 0 Å². The average molecular weight is 223 g/mol. The van der Waals surface area contributed by atoms with Crippen LogP contribution in [0.3, 0.4) is 0 Å². The van der Waals surface area contributed by atoms with Crippen molar-refractivity contribution in [3.63, 3.8) is 0 Å². The molecule has 0 amide bonds. The normalized spacial score (nSPS) is 7.94. The third-order valence-electron chi connectivity index (χ3n) is 1.84. The molecule has 0 heterocycles. The molecule has 0 saturated carbocycles. The molecule has 0 aliphatic heterocycles. The zero-order chi connectivity index (χ0) is 13.1. The van der Waals surface area contributed by atoms with Crippen LogP contribution >= 0.6 is 0 Å². The molecular formula is C14H25NO. The van der Waals surface area contributed by atoms with Gasteiger partial charge in [0.25, 0.3) is 0 Å². The van der Waals surface area contributed by atoms with Crippen molar-refractivity contribution in [2.45, 2.75) is 41.5 Å². The van der Waals surface area contributed by atoms with Crippen molar-refractivity contribution >= 4 is 5.71 Å². The van der Waals surface area contributed by atoms with Crippen molar-refractivity contribution in [2.24, 2.45) is 0 Å². The molecule has 0 aromatic heterocycles. The van der Waals surface area contributed by atoms with E-state index in [1.165, 1.54) is 0 Å². The van der Waals surface area contributed by atoms with Gasteiger partial charge in [0.05, 0.1) is 7.11 Å². The van der Waals surface area contributed by atoms with Gasteiger partial charge in [0.2, 0.25) is 0 Å². The van der Waals surface area contributed by atoms with Gasteiger partial charge in [-0.25, -0.2) is 0 Å². The van der Waals surface area contributed by atoms with Crippen molar-refractivity contribution in [3.8, 4) is 5.75 Å². The van der Waals surface area contributed by atoms with E-state index in [-0.39, 0.29) is 0 Å². The van der Waals surface area contributed by atoms with Crippen LogP contribution in [0.4, 0.5) is 0 Å². The largest absolute Gasteiger partial charge is 0.496 e. The van der Waals surface area contributed by atoms with Crippen LogP contribution in [-0.2, 0) is 0 Å². The summed E-state index contributed by atoms with van der Waals surface area (Å²) in [5, 5.41) is 7.42. The fourth-order valence-corrected chi connectivity index (χ4v) is 1.05. The van der Waals surface area contributed by atoms with E-state index in [1.54, 1.807) is 14.0 Å². The van der Waals surface area contributed by atoms with Crippen LogP contribution < -0.4 is 4.74 Å². The molecule has 0 aliphatic rings. The van der Waals surface area contributed by atoms with Gasteiger partial charge in [-0.05, 0) is 31.0 Å². The number of methoxy groups -OCH3 is 1. The Morgan fingerprint density at radius 2 is 1.62 bits per heavy atom. The van der Waals surface area contributed by atoms with Crippen LogP contribution in [-0.4, -0.2) is 12.8 Å². The standard InChI is InChI=1S/C10H13NO.2C2H6/c1-7-4-5-9(8(2)11)6-10(7)12-3;2*1-2/h4-6,11H,1-3H3;2*1-2H3. The summed E-state index contributed by atoms with van der Waals surface area (Å²) in [4.78, 5) is 0. The lowest BCUT2D eigenvalue weighted by Crippen LogP contribution is -1.94. The maximum atomic E-state index is 7.42. The Kier molecular flexibility index (Phi) is 10.9. The second-order valence-corrected chi connectivity index (χ2v) is 2.81. The molecular weight excluding hydrogens is 198 g/mol. The first-order valence-corrected chi connectivity index (χ1v) is 5.85. The number of rotatable bonds is 2. The topological polar surface area (TPSA) is 33.1 Å². The van der Waals surface area contributed by atoms with Crippen molar-refractivity contribution in [1.29, 1.82) is 5.41 Å². The molecule has 0 bridgehead atoms. The highest BCUT2D eigenvalue weighted by molar-refractivity contribution is 5.96. The fourth-order valence-electron chi connectivity index (χ4n) is 1.05. The van der Waals surface area contributed by atoms with E-state index in [0.29, 0.717) is 5.71 Å². The Balaban J connectivity index is 0. The molecule has 92 valence electrons. The minimum absolute atomic E-state index is 0.563. The molecule has 0 spiro atoms. The summed E-state index contributed by atoms with van der Waals surface area (Å²) in [7, 11) is 1.64. The first-order valence-electron chi connectivity index (χ1n) is 5.85. The quantitative estimate of drug-likeness (QED) is 0.738. The smallest absolute Gasteiger partial charge is 0.122 e. The molecule has 2 heteroatoms. The minimum atomic E-state index is 0.563. The fraction of sp³-hybridized carbons (Fsp3) is 0.500. The van der Waals surface area contributed by atoms with Gasteiger partial charge < -0.3 is 10.1 Å². The summed E-state index contributed by atoms with van der Waals surface area (Å²) in [6.07, 6.45) is 0. The summed E-state index contributed by atoms with van der Waals surface area (Å²) >= 11 is 0. The van der Waals surface area contributed by atoms with Gasteiger partial charge in [-0.15, -0.1) is 0 Å². The molecule has 1 N–H and O–H groups in total. The predicted molar refractivity (Wildman–Crippen MR) is 72.9 cm³/mol. The third kappa shape index (κ3) is 5.54. The van der Waals surface area contributed by atoms with Crippen LogP contribution in [0.15, 0.2) is 18.2 Å². The van der Waals surface area contributed by atoms with Gasteiger partial charge in [-0.3, -0.25) is 0 Å². The number of benzene rings is 1. The van der Waals surface area contributed by atoms with E-state index in [1.807, 2.05) is 52.8 Å². The van der Waals surface area contributed by atoms with E-state index in [4.69, 9.17) is 10.1 Å². The Bertz CT molecular complexity index is 306. The number of hydrogen-bond donors (Lipinski definition) is 1. The van der Waals surface area contributed by atoms with Crippen LogP contribution in [0.1, 0.15) is 45.7 Å². The Morgan fingerprint density at radius 3 is 2.00 bits per heavy atom. The van der Waals surface area contributed by atoms with Crippen LogP contribution in [0.25, 0.3) is 0 Å². The molecule has 0 saturated heterocycles. The van der Waals surface area contributed by atoms with Crippen molar-refractivity contribution in [1.82, 2.24) is 0 Å². The maximum absolute atomic E-state index is 7.42. The number of nitrogens with one attached hydrogen (secondary N) is 1. The summed E-state index contributed by atoms with van der Waals surface area (Å²) in [6.45, 7) is 11.8. The third-order valence-corrected chi connectivity index (χ3v) is 1.84. The average Bonchev–Trinajstić information content (AvgIpc) is 2.34. The van der Waals surface area contributed by atoms with Gasteiger partial charge in [0, 0.05) is 5.71 Å². The lowest BCUT2D eigenvalue weighted by atomic mass is 10.1. The zero-order valence-electron chi connectivity index (χ0n) is 11.6. The summed E-state index contributed by atoms with van der Waals surface area (Å²) in [6, 6.07) is 5.78. The Morgan fingerprint density at radius 1 is 1.12 bits per heavy atom. The van der Waals surface area contributed by atoms with Crippen LogP contribution in [0.5, 0.6) is 5.75 Å². The second-order valence-electron chi connectivity index (χ2n) is 2.81. The van der Waals surface area contributed by atoms with Crippen molar-refractivity contribution in [3.05, 3.63) is 29.3 Å². The maximum Gasteiger partial charge on any atom is 0.122 e. The SMILES string of the molecule is CC.CC.COc1cc(C(C)=N)ccc1C. The number of ether oxygens (including phenoxy) is 1. The van der Waals surface area contributed by atoms with E-state index >= 15 is 0 Å². The zero-order valence-corrected chi connectivity index (χ0v) is 11.6. The molecule has 0 atom stereocenters. The first-order chi connectivity index (χ1) is 7.65. The monoisotopic (exact) mass is 223 g/mol. The van der Waals surface area contributed by atoms with E-state index < -0.39 is 0 Å². The first kappa shape index (κ1) is 17.1. The summed E-state index contributed by atoms with van der Waals surface area (Å²) in [5.41, 5.74) is 2.58. The van der Waals surface area contributed by atoms with Gasteiger partial charge in [-0.1, -0.05) is 39.8 Å². The lowest BCUT2D eigenvalue weighted by molar-refractivity contribution is 0.411. The van der Waals surface area contributed by atoms with Crippen LogP contribution in [0.2, 0.25) is 0 Å². The summed E-state index contributed by atoms with van der Waals surface area (Å²) in [5.74, 6) is 0.846. The van der Waals surface area contributed by atoms with Gasteiger partial charge in [-0.2, -0.15) is 0 Å². The van der Waals surface area contributed by atoms with Crippen molar-refractivity contribution < 1.29 is 4.74 Å². The highest BCUT2D eigenvalue weighted by Gasteiger charge is 2.00. The van der Waals surface area contributed by atoms with Gasteiger partial charge >= 0.3 is 0 Å². The molecule has 0 unspecified atom stereocenters. The van der Waals surface area contributed by atoms with Gasteiger partial charge in [0.1, 0.15) is 5.75 Å². The molecule has 2 nitrogen and oxygen atoms in total. The van der Waals surface area contributed by atoms with E-state index in [9.17, 15) is 0 Å². The Hall–Kier alpha value is -1.31. The molecule has 16 heavy (non-hydrogen) atoms. The Labute approximate surface area is 100 Å². The second kappa shape index (κ2) is 10.2. The lowest BCUT2D eigenvalue weighted by Gasteiger charge is -2.05. The molecule has 1 aromatic rings. The highest BCUT2D eigenvalue weighted by atomic mass is 16.5. The molecule has 0 fully saturated rings. The molecule has 1 rings (SSSR count). The van der Waals surface area contributed by atoms with Gasteiger partial charge in [0.15, 0.2) is 0 Å². The predicted octanol–water partition coefficient (Wildman–Crippen LogP) is 4.44. The van der Waals surface area contributed by atoms with Crippen LogP contribution in [0, 0.1) is 12.3 Å². The molecule has 0 aliphatic carbocycles. The number of aryl methyl sites for hydroxylation is 1. The highest BCUT2D eigenvalue weighted by Crippen LogP contribution is 2.18. The molecule has 0 radical (unpaired) electrons. The minimum Gasteiger partial charge on any atom is -0.496 e. The summed E-state index contributed by atoms with van der Waals surface area (Å²) < 4.78 is 5.14. The number of hydrogen-bond acceptors (Lipinski definition) is 2. The van der Waals surface area contributed by atoms with E-state index in [0.717, 1.165) is 16.9 Å². The molecule has 1 aromatic carbocycles.